The molecule has 284 valence electrons. The summed E-state index contributed by atoms with van der Waals surface area (Å²) >= 11 is 0. The third-order valence-corrected chi connectivity index (χ3v) is 10.1. The number of unbranched alkanes of at least 4 members (excludes halogenated alkanes) is 22. The Hall–Kier alpha value is -1.42. The highest BCUT2D eigenvalue weighted by molar-refractivity contribution is 5.13. The molecule has 0 unspecified atom stereocenters. The first-order valence-electron chi connectivity index (χ1n) is 21.5. The van der Waals surface area contributed by atoms with E-state index in [0.29, 0.717) is 0 Å². The molecule has 0 bridgehead atoms. The number of hydrogen-bond donors (Lipinski definition) is 0. The summed E-state index contributed by atoms with van der Waals surface area (Å²) in [6.07, 6.45) is 44.5. The van der Waals surface area contributed by atoms with Crippen molar-refractivity contribution in [3.63, 3.8) is 0 Å². The molecule has 0 amide bonds. The van der Waals surface area contributed by atoms with Gasteiger partial charge in [-0.15, -0.1) is 0 Å². The van der Waals surface area contributed by atoms with E-state index >= 15 is 0 Å². The molecule has 0 atom stereocenters. The molecule has 49 heavy (non-hydrogen) atoms. The van der Waals surface area contributed by atoms with Crippen LogP contribution in [0.25, 0.3) is 0 Å². The lowest BCUT2D eigenvalue weighted by atomic mass is 10.1. The number of nitrogens with zero attached hydrogens (tertiary/aromatic N) is 1. The Kier molecular flexibility index (Phi) is 33.9. The van der Waals surface area contributed by atoms with Gasteiger partial charge in [0.05, 0.1) is 20.3 Å². The second-order valence-corrected chi connectivity index (χ2v) is 15.1. The molecular weight excluding hydrogens is 599 g/mol. The van der Waals surface area contributed by atoms with Crippen LogP contribution in [0.15, 0.2) is 54.6 Å². The van der Waals surface area contributed by atoms with Gasteiger partial charge >= 0.3 is 0 Å². The molecule has 0 N–H and O–H groups in total. The lowest BCUT2D eigenvalue weighted by molar-refractivity contribution is -0.923. The summed E-state index contributed by atoms with van der Waals surface area (Å²) < 4.78 is 13.3. The molecule has 1 aromatic rings. The van der Waals surface area contributed by atoms with E-state index in [1.807, 2.05) is 0 Å². The Balaban J connectivity index is 2.06. The number of hydrogen-bond acceptors (Lipinski definition) is 2. The highest BCUT2D eigenvalue weighted by Gasteiger charge is 2.22. The van der Waals surface area contributed by atoms with Crippen LogP contribution in [-0.2, 0) is 16.0 Å². The summed E-state index contributed by atoms with van der Waals surface area (Å²) in [7, 11) is 2.38. The molecule has 3 heteroatoms. The van der Waals surface area contributed by atoms with Gasteiger partial charge in [-0.2, -0.15) is 0 Å². The van der Waals surface area contributed by atoms with Crippen LogP contribution in [0.2, 0.25) is 0 Å². The largest absolute Gasteiger partial charge is 0.376 e. The van der Waals surface area contributed by atoms with Crippen molar-refractivity contribution in [2.75, 3.05) is 46.6 Å². The minimum atomic E-state index is 0.834. The van der Waals surface area contributed by atoms with Crippen molar-refractivity contribution in [1.29, 1.82) is 0 Å². The second-order valence-electron chi connectivity index (χ2n) is 15.1. The molecule has 0 aromatic heterocycles. The molecule has 0 aliphatic heterocycles. The van der Waals surface area contributed by atoms with Crippen LogP contribution >= 0.6 is 0 Å². The van der Waals surface area contributed by atoms with Gasteiger partial charge in [-0.3, -0.25) is 0 Å². The quantitative estimate of drug-likeness (QED) is 0.0393. The molecule has 0 saturated carbocycles. The van der Waals surface area contributed by atoms with Crippen LogP contribution in [0.5, 0.6) is 0 Å². The average Bonchev–Trinajstić information content (AvgIpc) is 3.11. The van der Waals surface area contributed by atoms with Gasteiger partial charge < -0.3 is 14.0 Å². The van der Waals surface area contributed by atoms with E-state index in [9.17, 15) is 0 Å². The Morgan fingerprint density at radius 3 is 1.16 bits per heavy atom. The summed E-state index contributed by atoms with van der Waals surface area (Å²) in [5.74, 6) is 0. The number of likely N-dealkylation sites (N-methyl/N-ethyl adjacent to an activating group) is 1. The first kappa shape index (κ1) is 45.6. The van der Waals surface area contributed by atoms with Gasteiger partial charge in [0.1, 0.15) is 19.6 Å². The molecule has 0 aliphatic carbocycles. The summed E-state index contributed by atoms with van der Waals surface area (Å²) in [6, 6.07) is 10.9. The van der Waals surface area contributed by atoms with E-state index in [1.165, 1.54) is 173 Å². The van der Waals surface area contributed by atoms with Crippen molar-refractivity contribution in [3.8, 4) is 0 Å². The van der Waals surface area contributed by atoms with Crippen LogP contribution in [0.4, 0.5) is 0 Å². The molecule has 3 nitrogen and oxygen atoms in total. The molecule has 1 rings (SSSR count). The minimum Gasteiger partial charge on any atom is -0.376 e. The van der Waals surface area contributed by atoms with Gasteiger partial charge in [0.25, 0.3) is 0 Å². The summed E-state index contributed by atoms with van der Waals surface area (Å²) in [5.41, 5.74) is 1.40. The first-order valence-corrected chi connectivity index (χ1v) is 21.5. The van der Waals surface area contributed by atoms with Crippen molar-refractivity contribution >= 4 is 0 Å². The van der Waals surface area contributed by atoms with Gasteiger partial charge in [-0.25, -0.2) is 0 Å². The molecule has 0 fully saturated rings. The minimum absolute atomic E-state index is 0.834. The molecule has 0 heterocycles. The monoisotopic (exact) mass is 683 g/mol. The number of allylic oxidation sites excluding steroid dienone is 4. The maximum absolute atomic E-state index is 6.15. The van der Waals surface area contributed by atoms with E-state index in [2.05, 4.69) is 75.5 Å². The molecule has 1 aromatic carbocycles. The van der Waals surface area contributed by atoms with Crippen LogP contribution in [-0.4, -0.2) is 51.0 Å². The van der Waals surface area contributed by atoms with Gasteiger partial charge in [-0.1, -0.05) is 171 Å². The van der Waals surface area contributed by atoms with E-state index < -0.39 is 0 Å². The fourth-order valence-corrected chi connectivity index (χ4v) is 6.62. The lowest BCUT2D eigenvalue weighted by Gasteiger charge is -2.34. The zero-order chi connectivity index (χ0) is 35.2. The van der Waals surface area contributed by atoms with Crippen LogP contribution < -0.4 is 0 Å². The van der Waals surface area contributed by atoms with Gasteiger partial charge in [0.15, 0.2) is 0 Å². The number of benzene rings is 1. The molecule has 0 spiro atoms. The topological polar surface area (TPSA) is 18.5 Å². The van der Waals surface area contributed by atoms with Crippen LogP contribution in [0, 0.1) is 0 Å². The smallest absolute Gasteiger partial charge is 0.104 e. The van der Waals surface area contributed by atoms with Crippen LogP contribution in [0.1, 0.15) is 186 Å². The van der Waals surface area contributed by atoms with Crippen molar-refractivity contribution < 1.29 is 14.0 Å². The van der Waals surface area contributed by atoms with Gasteiger partial charge in [0, 0.05) is 18.8 Å². The Morgan fingerprint density at radius 2 is 0.776 bits per heavy atom. The van der Waals surface area contributed by atoms with E-state index in [1.54, 1.807) is 0 Å². The zero-order valence-electron chi connectivity index (χ0n) is 33.3. The average molecular weight is 683 g/mol. The van der Waals surface area contributed by atoms with Gasteiger partial charge in [0.2, 0.25) is 0 Å². The summed E-state index contributed by atoms with van der Waals surface area (Å²) in [6.45, 7) is 11.2. The fraction of sp³-hybridized carbons (Fsp3) is 0.783. The second kappa shape index (κ2) is 36.4. The third kappa shape index (κ3) is 32.2. The lowest BCUT2D eigenvalue weighted by Crippen LogP contribution is -2.47. The first-order chi connectivity index (χ1) is 24.2. The molecule has 0 saturated heterocycles. The third-order valence-electron chi connectivity index (χ3n) is 10.1. The van der Waals surface area contributed by atoms with Crippen LogP contribution in [0.3, 0.4) is 0 Å². The fourth-order valence-electron chi connectivity index (χ4n) is 6.62. The standard InChI is InChI=1S/C46H84NO2/c1-4-6-8-10-12-14-16-18-20-22-24-26-28-30-35-41-48-43-39-47(3,45-46-37-33-32-34-38-46)40-44-49-42-36-31-29-27-25-23-21-19-17-15-13-11-9-7-5-2/h18-21,32-34,37-38H,4-17,22-31,35-36,39-45H2,1-3H3/q+1/b20-18-,21-19-. The SMILES string of the molecule is CCCCCCCC/C=C\CCCCCCCOCC[N+](C)(CCOCCCCCCC/C=C\CCCCCCCC)Cc1ccccc1. The Bertz CT molecular complexity index is 789. The van der Waals surface area contributed by atoms with Crippen molar-refractivity contribution in [1.82, 2.24) is 0 Å². The Labute approximate surface area is 307 Å². The normalized spacial score (nSPS) is 12.2. The number of rotatable bonds is 38. The highest BCUT2D eigenvalue weighted by Crippen LogP contribution is 2.14. The predicted octanol–water partition coefficient (Wildman–Crippen LogP) is 14.0. The van der Waals surface area contributed by atoms with Gasteiger partial charge in [-0.05, 0) is 64.2 Å². The molecule has 0 radical (unpaired) electrons. The van der Waals surface area contributed by atoms with Crippen molar-refractivity contribution in [2.45, 2.75) is 187 Å². The number of quaternary nitrogens is 1. The number of ether oxygens (including phenoxy) is 2. The van der Waals surface area contributed by atoms with Crippen molar-refractivity contribution in [3.05, 3.63) is 60.2 Å². The zero-order valence-corrected chi connectivity index (χ0v) is 33.3. The maximum atomic E-state index is 6.15. The molecule has 0 aliphatic rings. The van der Waals surface area contributed by atoms with E-state index in [4.69, 9.17) is 9.47 Å². The molecular formula is C46H84NO2+. The van der Waals surface area contributed by atoms with E-state index in [0.717, 1.165) is 50.5 Å². The predicted molar refractivity (Wildman–Crippen MR) is 217 cm³/mol. The Morgan fingerprint density at radius 1 is 0.429 bits per heavy atom. The summed E-state index contributed by atoms with van der Waals surface area (Å²) in [4.78, 5) is 0. The van der Waals surface area contributed by atoms with E-state index in [-0.39, 0.29) is 0 Å². The van der Waals surface area contributed by atoms with Crippen molar-refractivity contribution in [2.24, 2.45) is 0 Å². The maximum Gasteiger partial charge on any atom is 0.104 e. The highest BCUT2D eigenvalue weighted by atomic mass is 16.5. The summed E-state index contributed by atoms with van der Waals surface area (Å²) in [5, 5.41) is 0.